The Kier molecular flexibility index (Phi) is 4.03. The largest absolute Gasteiger partial charge is 0.318 e. The van der Waals surface area contributed by atoms with Crippen LogP contribution in [0.15, 0.2) is 39.1 Å². The molecule has 0 unspecified atom stereocenters. The van der Waals surface area contributed by atoms with Gasteiger partial charge in [0.1, 0.15) is 16.5 Å². The lowest BCUT2D eigenvalue weighted by Crippen LogP contribution is -2.30. The monoisotopic (exact) mass is 332 g/mol. The first-order chi connectivity index (χ1) is 9.61. The second-order valence-electron chi connectivity index (χ2n) is 5.37. The molecule has 0 aliphatic rings. The third-order valence-electron chi connectivity index (χ3n) is 2.68. The SMILES string of the molecule is CC(C)(C)n1ccs/c1=N\S(=O)(=O)c1ccc(F)cc1F. The highest BCUT2D eigenvalue weighted by Gasteiger charge is 2.21. The summed E-state index contributed by atoms with van der Waals surface area (Å²) >= 11 is 1.13. The minimum atomic E-state index is -4.24. The molecular weight excluding hydrogens is 318 g/mol. The predicted octanol–water partition coefficient (Wildman–Crippen LogP) is 2.87. The molecule has 0 N–H and O–H groups in total. The molecule has 0 fully saturated rings. The molecule has 0 saturated carbocycles. The zero-order valence-electron chi connectivity index (χ0n) is 11.7. The van der Waals surface area contributed by atoms with Crippen molar-refractivity contribution >= 4 is 21.4 Å². The molecule has 1 aromatic heterocycles. The average molecular weight is 332 g/mol. The summed E-state index contributed by atoms with van der Waals surface area (Å²) in [7, 11) is -4.24. The normalized spacial score (nSPS) is 13.7. The fraction of sp³-hybridized carbons (Fsp3) is 0.308. The summed E-state index contributed by atoms with van der Waals surface area (Å²) in [5.41, 5.74) is -0.365. The van der Waals surface area contributed by atoms with Gasteiger partial charge in [0.05, 0.1) is 0 Å². The predicted molar refractivity (Wildman–Crippen MR) is 76.4 cm³/mol. The molecule has 2 aromatic rings. The van der Waals surface area contributed by atoms with Gasteiger partial charge in [-0.1, -0.05) is 0 Å². The van der Waals surface area contributed by atoms with Crippen LogP contribution in [0.1, 0.15) is 20.8 Å². The Bertz CT molecular complexity index is 830. The van der Waals surface area contributed by atoms with Crippen LogP contribution in [0.2, 0.25) is 0 Å². The van der Waals surface area contributed by atoms with Crippen LogP contribution >= 0.6 is 11.3 Å². The van der Waals surface area contributed by atoms with Crippen molar-refractivity contribution in [1.82, 2.24) is 4.57 Å². The molecule has 1 heterocycles. The molecule has 0 aliphatic carbocycles. The summed E-state index contributed by atoms with van der Waals surface area (Å²) in [6, 6.07) is 2.28. The Morgan fingerprint density at radius 1 is 1.24 bits per heavy atom. The molecule has 0 spiro atoms. The van der Waals surface area contributed by atoms with Gasteiger partial charge in [-0.2, -0.15) is 8.42 Å². The number of aromatic nitrogens is 1. The average Bonchev–Trinajstić information content (AvgIpc) is 2.75. The lowest BCUT2D eigenvalue weighted by Gasteiger charge is -2.20. The van der Waals surface area contributed by atoms with E-state index in [1.54, 1.807) is 16.1 Å². The summed E-state index contributed by atoms with van der Waals surface area (Å²) in [5.74, 6) is -2.00. The fourth-order valence-electron chi connectivity index (χ4n) is 1.69. The molecule has 0 radical (unpaired) electrons. The molecule has 0 atom stereocenters. The molecule has 21 heavy (non-hydrogen) atoms. The minimum absolute atomic E-state index is 0.228. The smallest absolute Gasteiger partial charge is 0.287 e. The van der Waals surface area contributed by atoms with Crippen LogP contribution < -0.4 is 4.80 Å². The molecule has 1 aromatic carbocycles. The van der Waals surface area contributed by atoms with Crippen molar-refractivity contribution in [3.05, 3.63) is 46.2 Å². The van der Waals surface area contributed by atoms with E-state index >= 15 is 0 Å². The van der Waals surface area contributed by atoms with Crippen molar-refractivity contribution in [3.8, 4) is 0 Å². The number of halogens is 2. The van der Waals surface area contributed by atoms with Crippen LogP contribution in [0.4, 0.5) is 8.78 Å². The van der Waals surface area contributed by atoms with Crippen molar-refractivity contribution in [2.45, 2.75) is 31.2 Å². The highest BCUT2D eigenvalue weighted by Crippen LogP contribution is 2.18. The van der Waals surface area contributed by atoms with Crippen molar-refractivity contribution in [2.75, 3.05) is 0 Å². The van der Waals surface area contributed by atoms with Crippen LogP contribution in [0.3, 0.4) is 0 Å². The van der Waals surface area contributed by atoms with Gasteiger partial charge < -0.3 is 4.57 Å². The second kappa shape index (κ2) is 5.34. The van der Waals surface area contributed by atoms with Crippen LogP contribution in [0.5, 0.6) is 0 Å². The maximum Gasteiger partial charge on any atom is 0.287 e. The third-order valence-corrected chi connectivity index (χ3v) is 4.85. The Morgan fingerprint density at radius 3 is 2.48 bits per heavy atom. The van der Waals surface area contributed by atoms with Gasteiger partial charge in [-0.05, 0) is 32.9 Å². The van der Waals surface area contributed by atoms with Gasteiger partial charge >= 0.3 is 0 Å². The van der Waals surface area contributed by atoms with Crippen LogP contribution in [0.25, 0.3) is 0 Å². The van der Waals surface area contributed by atoms with Crippen LogP contribution in [-0.4, -0.2) is 13.0 Å². The topological polar surface area (TPSA) is 51.4 Å². The number of benzene rings is 1. The van der Waals surface area contributed by atoms with E-state index in [0.717, 1.165) is 23.5 Å². The molecule has 0 amide bonds. The number of sulfonamides is 1. The molecular formula is C13H14F2N2O2S2. The first-order valence-corrected chi connectivity index (χ1v) is 8.36. The summed E-state index contributed by atoms with van der Waals surface area (Å²) in [4.78, 5) is -0.413. The molecule has 0 aliphatic heterocycles. The van der Waals surface area contributed by atoms with Gasteiger partial charge in [0, 0.05) is 23.2 Å². The molecule has 4 nitrogen and oxygen atoms in total. The molecule has 2 rings (SSSR count). The highest BCUT2D eigenvalue weighted by atomic mass is 32.2. The van der Waals surface area contributed by atoms with Gasteiger partial charge in [-0.25, -0.2) is 8.78 Å². The van der Waals surface area contributed by atoms with Crippen molar-refractivity contribution in [1.29, 1.82) is 0 Å². The molecule has 114 valence electrons. The lowest BCUT2D eigenvalue weighted by atomic mass is 10.1. The third kappa shape index (κ3) is 3.38. The fourth-order valence-corrected chi connectivity index (χ4v) is 3.84. The van der Waals surface area contributed by atoms with Gasteiger partial charge in [0.15, 0.2) is 0 Å². The molecule has 8 heteroatoms. The van der Waals surface area contributed by atoms with E-state index < -0.39 is 26.6 Å². The lowest BCUT2D eigenvalue weighted by molar-refractivity contribution is 0.388. The zero-order valence-corrected chi connectivity index (χ0v) is 13.3. The van der Waals surface area contributed by atoms with E-state index in [2.05, 4.69) is 4.40 Å². The Labute approximate surface area is 125 Å². The van der Waals surface area contributed by atoms with E-state index in [4.69, 9.17) is 0 Å². The number of hydrogen-bond acceptors (Lipinski definition) is 3. The number of nitrogens with zero attached hydrogens (tertiary/aromatic N) is 2. The summed E-state index contributed by atoms with van der Waals surface area (Å²) in [6.45, 7) is 5.68. The van der Waals surface area contributed by atoms with Crippen molar-refractivity contribution in [3.63, 3.8) is 0 Å². The van der Waals surface area contributed by atoms with E-state index in [0.29, 0.717) is 6.07 Å². The maximum absolute atomic E-state index is 13.6. The highest BCUT2D eigenvalue weighted by molar-refractivity contribution is 7.90. The summed E-state index contributed by atoms with van der Waals surface area (Å²) in [6.07, 6.45) is 1.71. The van der Waals surface area contributed by atoms with Crippen molar-refractivity contribution < 1.29 is 17.2 Å². The number of thiazole rings is 1. The first-order valence-electron chi connectivity index (χ1n) is 6.04. The van der Waals surface area contributed by atoms with Gasteiger partial charge in [-0.15, -0.1) is 15.7 Å². The number of rotatable bonds is 2. The van der Waals surface area contributed by atoms with E-state index in [1.807, 2.05) is 20.8 Å². The standard InChI is InChI=1S/C13H14F2N2O2S2/c1-13(2,3)17-6-7-20-12(17)16-21(18,19)11-5-4-9(14)8-10(11)15/h4-8H,1-3H3/b16-12-. The van der Waals surface area contributed by atoms with E-state index in [1.165, 1.54) is 0 Å². The Morgan fingerprint density at radius 2 is 1.90 bits per heavy atom. The zero-order chi connectivity index (χ0) is 15.8. The quantitative estimate of drug-likeness (QED) is 0.849. The Hall–Kier alpha value is -1.54. The maximum atomic E-state index is 13.6. The molecule has 0 bridgehead atoms. The Balaban J connectivity index is 2.62. The van der Waals surface area contributed by atoms with Crippen LogP contribution in [0, 0.1) is 11.6 Å². The second-order valence-corrected chi connectivity index (χ2v) is 7.81. The summed E-state index contributed by atoms with van der Waals surface area (Å²) < 4.78 is 56.2. The van der Waals surface area contributed by atoms with E-state index in [-0.39, 0.29) is 10.3 Å². The summed E-state index contributed by atoms with van der Waals surface area (Å²) in [5, 5.41) is 1.70. The minimum Gasteiger partial charge on any atom is -0.318 e. The van der Waals surface area contributed by atoms with Gasteiger partial charge in [0.2, 0.25) is 4.80 Å². The number of hydrogen-bond donors (Lipinski definition) is 0. The van der Waals surface area contributed by atoms with Crippen LogP contribution in [-0.2, 0) is 15.6 Å². The van der Waals surface area contributed by atoms with Gasteiger partial charge in [-0.3, -0.25) is 0 Å². The van der Waals surface area contributed by atoms with Crippen molar-refractivity contribution in [2.24, 2.45) is 4.40 Å². The van der Waals surface area contributed by atoms with E-state index in [9.17, 15) is 17.2 Å². The van der Waals surface area contributed by atoms with Gasteiger partial charge in [0.25, 0.3) is 10.0 Å². The molecule has 0 saturated heterocycles. The first kappa shape index (κ1) is 15.8.